The Morgan fingerprint density at radius 1 is 1.21 bits per heavy atom. The number of piperidine rings is 1. The average molecular weight is 261 g/mol. The average Bonchev–Trinajstić information content (AvgIpc) is 2.42. The van der Waals surface area contributed by atoms with Crippen LogP contribution >= 0.6 is 0 Å². The van der Waals surface area contributed by atoms with Crippen molar-refractivity contribution in [2.24, 2.45) is 5.92 Å². The van der Waals surface area contributed by atoms with Gasteiger partial charge in [-0.1, -0.05) is 24.3 Å². The van der Waals surface area contributed by atoms with Gasteiger partial charge >= 0.3 is 0 Å². The molecule has 1 amide bonds. The zero-order chi connectivity index (χ0) is 13.7. The largest absolute Gasteiger partial charge is 0.380 e. The third kappa shape index (κ3) is 4.06. The van der Waals surface area contributed by atoms with Crippen LogP contribution < -0.4 is 0 Å². The van der Waals surface area contributed by atoms with Gasteiger partial charge in [0.2, 0.25) is 5.91 Å². The molecule has 2 rings (SSSR count). The Hall–Kier alpha value is -1.35. The summed E-state index contributed by atoms with van der Waals surface area (Å²) in [6, 6.07) is 8.68. The molecule has 0 N–H and O–H groups in total. The van der Waals surface area contributed by atoms with Crippen molar-refractivity contribution < 1.29 is 9.53 Å². The minimum absolute atomic E-state index is 0.211. The van der Waals surface area contributed by atoms with Crippen molar-refractivity contribution in [3.8, 4) is 0 Å². The zero-order valence-corrected chi connectivity index (χ0v) is 11.9. The van der Waals surface area contributed by atoms with Crippen LogP contribution in [-0.4, -0.2) is 31.0 Å². The summed E-state index contributed by atoms with van der Waals surface area (Å²) in [5, 5.41) is 0. The first-order valence-electron chi connectivity index (χ1n) is 7.01. The van der Waals surface area contributed by atoms with Gasteiger partial charge < -0.3 is 9.64 Å². The maximum Gasteiger partial charge on any atom is 0.219 e. The zero-order valence-electron chi connectivity index (χ0n) is 11.9. The summed E-state index contributed by atoms with van der Waals surface area (Å²) >= 11 is 0. The van der Waals surface area contributed by atoms with Crippen molar-refractivity contribution in [3.05, 3.63) is 35.4 Å². The number of benzene rings is 1. The van der Waals surface area contributed by atoms with E-state index >= 15 is 0 Å². The van der Waals surface area contributed by atoms with E-state index in [4.69, 9.17) is 4.74 Å². The van der Waals surface area contributed by atoms with Gasteiger partial charge in [0, 0.05) is 27.1 Å². The summed E-state index contributed by atoms with van der Waals surface area (Å²) in [6.07, 6.45) is 3.37. The third-order valence-electron chi connectivity index (χ3n) is 3.92. The van der Waals surface area contributed by atoms with E-state index in [0.29, 0.717) is 12.5 Å². The molecule has 1 aromatic rings. The Labute approximate surface area is 115 Å². The molecule has 0 aliphatic carbocycles. The molecule has 1 fully saturated rings. The number of methoxy groups -OCH3 is 1. The highest BCUT2D eigenvalue weighted by molar-refractivity contribution is 5.73. The molecule has 0 radical (unpaired) electrons. The molecule has 3 nitrogen and oxygen atoms in total. The molecule has 104 valence electrons. The Bertz CT molecular complexity index is 405. The number of nitrogens with zero attached hydrogens (tertiary/aromatic N) is 1. The Kier molecular flexibility index (Phi) is 4.97. The SMILES string of the molecule is COCc1ccc(CC2CCN(C(C)=O)CC2)cc1. The Morgan fingerprint density at radius 2 is 1.79 bits per heavy atom. The van der Waals surface area contributed by atoms with Gasteiger partial charge in [0.25, 0.3) is 0 Å². The van der Waals surface area contributed by atoms with Crippen molar-refractivity contribution in [1.82, 2.24) is 4.90 Å². The maximum absolute atomic E-state index is 11.3. The van der Waals surface area contributed by atoms with Crippen molar-refractivity contribution in [1.29, 1.82) is 0 Å². The van der Waals surface area contributed by atoms with Gasteiger partial charge in [-0.05, 0) is 36.3 Å². The van der Waals surface area contributed by atoms with Crippen LogP contribution in [-0.2, 0) is 22.6 Å². The van der Waals surface area contributed by atoms with Crippen LogP contribution in [0.4, 0.5) is 0 Å². The minimum Gasteiger partial charge on any atom is -0.380 e. The third-order valence-corrected chi connectivity index (χ3v) is 3.92. The maximum atomic E-state index is 11.3. The van der Waals surface area contributed by atoms with Gasteiger partial charge in [-0.25, -0.2) is 0 Å². The molecule has 1 aliphatic heterocycles. The number of carbonyl (C=O) groups is 1. The molecule has 0 spiro atoms. The molecule has 19 heavy (non-hydrogen) atoms. The van der Waals surface area contributed by atoms with Gasteiger partial charge in [0.15, 0.2) is 0 Å². The second-order valence-corrected chi connectivity index (χ2v) is 5.40. The van der Waals surface area contributed by atoms with Gasteiger partial charge in [0.1, 0.15) is 0 Å². The first-order valence-corrected chi connectivity index (χ1v) is 7.01. The van der Waals surface area contributed by atoms with Crippen LogP contribution in [0.15, 0.2) is 24.3 Å². The second-order valence-electron chi connectivity index (χ2n) is 5.40. The highest BCUT2D eigenvalue weighted by atomic mass is 16.5. The highest BCUT2D eigenvalue weighted by Crippen LogP contribution is 2.22. The van der Waals surface area contributed by atoms with E-state index in [0.717, 1.165) is 32.4 Å². The van der Waals surface area contributed by atoms with Crippen LogP contribution in [0, 0.1) is 5.92 Å². The summed E-state index contributed by atoms with van der Waals surface area (Å²) in [4.78, 5) is 13.2. The lowest BCUT2D eigenvalue weighted by atomic mass is 9.90. The van der Waals surface area contributed by atoms with E-state index in [1.165, 1.54) is 11.1 Å². The van der Waals surface area contributed by atoms with Crippen LogP contribution in [0.3, 0.4) is 0 Å². The fourth-order valence-corrected chi connectivity index (χ4v) is 2.72. The van der Waals surface area contributed by atoms with Gasteiger partial charge in [-0.15, -0.1) is 0 Å². The van der Waals surface area contributed by atoms with Gasteiger partial charge in [-0.3, -0.25) is 4.79 Å². The fraction of sp³-hybridized carbons (Fsp3) is 0.562. The monoisotopic (exact) mass is 261 g/mol. The highest BCUT2D eigenvalue weighted by Gasteiger charge is 2.20. The fourth-order valence-electron chi connectivity index (χ4n) is 2.72. The van der Waals surface area contributed by atoms with E-state index in [1.807, 2.05) is 4.90 Å². The number of amides is 1. The number of likely N-dealkylation sites (tertiary alicyclic amines) is 1. The molecule has 1 heterocycles. The predicted molar refractivity (Wildman–Crippen MR) is 75.8 cm³/mol. The lowest BCUT2D eigenvalue weighted by molar-refractivity contribution is -0.130. The van der Waals surface area contributed by atoms with E-state index in [-0.39, 0.29) is 5.91 Å². The summed E-state index contributed by atoms with van der Waals surface area (Å²) in [7, 11) is 1.72. The first kappa shape index (κ1) is 14.1. The number of hydrogen-bond donors (Lipinski definition) is 0. The van der Waals surface area contributed by atoms with Gasteiger partial charge in [-0.2, -0.15) is 0 Å². The van der Waals surface area contributed by atoms with Crippen molar-refractivity contribution in [3.63, 3.8) is 0 Å². The number of hydrogen-bond acceptors (Lipinski definition) is 2. The summed E-state index contributed by atoms with van der Waals surface area (Å²) in [6.45, 7) is 4.18. The molecule has 1 saturated heterocycles. The number of rotatable bonds is 4. The smallest absolute Gasteiger partial charge is 0.219 e. The van der Waals surface area contributed by atoms with Crippen molar-refractivity contribution in [2.75, 3.05) is 20.2 Å². The molecule has 0 atom stereocenters. The summed E-state index contributed by atoms with van der Waals surface area (Å²) < 4.78 is 5.11. The molecular weight excluding hydrogens is 238 g/mol. The first-order chi connectivity index (χ1) is 9.19. The Balaban J connectivity index is 1.83. The van der Waals surface area contributed by atoms with Crippen LogP contribution in [0.2, 0.25) is 0 Å². The van der Waals surface area contributed by atoms with E-state index in [9.17, 15) is 4.79 Å². The van der Waals surface area contributed by atoms with Crippen molar-refractivity contribution in [2.45, 2.75) is 32.8 Å². The molecule has 0 unspecified atom stereocenters. The summed E-state index contributed by atoms with van der Waals surface area (Å²) in [5.74, 6) is 0.922. The topological polar surface area (TPSA) is 29.5 Å². The lowest BCUT2D eigenvalue weighted by Crippen LogP contribution is -2.37. The predicted octanol–water partition coefficient (Wildman–Crippen LogP) is 2.63. The molecule has 0 bridgehead atoms. The van der Waals surface area contributed by atoms with Crippen LogP contribution in [0.5, 0.6) is 0 Å². The van der Waals surface area contributed by atoms with E-state index in [1.54, 1.807) is 14.0 Å². The Morgan fingerprint density at radius 3 is 2.32 bits per heavy atom. The number of carbonyl (C=O) groups excluding carboxylic acids is 1. The van der Waals surface area contributed by atoms with E-state index < -0.39 is 0 Å². The quantitative estimate of drug-likeness (QED) is 0.834. The standard InChI is InChI=1S/C16H23NO2/c1-13(18)17-9-7-15(8-10-17)11-14-3-5-16(6-4-14)12-19-2/h3-6,15H,7-12H2,1-2H3. The minimum atomic E-state index is 0.211. The second kappa shape index (κ2) is 6.71. The summed E-state index contributed by atoms with van der Waals surface area (Å²) in [5.41, 5.74) is 2.61. The van der Waals surface area contributed by atoms with Crippen molar-refractivity contribution >= 4 is 5.91 Å². The van der Waals surface area contributed by atoms with Crippen LogP contribution in [0.1, 0.15) is 30.9 Å². The molecule has 0 aromatic heterocycles. The molecular formula is C16H23NO2. The normalized spacial score (nSPS) is 16.6. The lowest BCUT2D eigenvalue weighted by Gasteiger charge is -2.31. The van der Waals surface area contributed by atoms with Crippen LogP contribution in [0.25, 0.3) is 0 Å². The van der Waals surface area contributed by atoms with E-state index in [2.05, 4.69) is 24.3 Å². The van der Waals surface area contributed by atoms with Gasteiger partial charge in [0.05, 0.1) is 6.61 Å². The number of ether oxygens (including phenoxy) is 1. The molecule has 0 saturated carbocycles. The molecule has 1 aromatic carbocycles. The molecule has 3 heteroatoms. The molecule has 1 aliphatic rings.